The van der Waals surface area contributed by atoms with Crippen molar-refractivity contribution in [1.29, 1.82) is 0 Å². The van der Waals surface area contributed by atoms with Gasteiger partial charge in [0.25, 0.3) is 5.91 Å². The van der Waals surface area contributed by atoms with E-state index in [1.165, 1.54) is 11.3 Å². The standard InChI is InChI=1S/C18H21N5OS/c1-11-9-13(10-14-15(11)21-18(19)25-14)17(24)23-6-3-12(4-7-23)16-20-5-8-22(16)2/h5,8-10,12H,3-4,6-7H2,1-2H3,(H2,19,21). The molecule has 0 saturated carbocycles. The van der Waals surface area contributed by atoms with E-state index in [2.05, 4.69) is 14.5 Å². The molecule has 1 fully saturated rings. The Morgan fingerprint density at radius 2 is 2.08 bits per heavy atom. The van der Waals surface area contributed by atoms with Crippen LogP contribution in [0.2, 0.25) is 0 Å². The third kappa shape index (κ3) is 2.89. The van der Waals surface area contributed by atoms with E-state index in [0.29, 0.717) is 11.0 Å². The first kappa shape index (κ1) is 16.1. The molecule has 0 unspecified atom stereocenters. The molecule has 1 aromatic carbocycles. The van der Waals surface area contributed by atoms with Crippen LogP contribution in [0.3, 0.4) is 0 Å². The number of likely N-dealkylation sites (tertiary alicyclic amines) is 1. The van der Waals surface area contributed by atoms with Crippen LogP contribution in [0, 0.1) is 6.92 Å². The Balaban J connectivity index is 1.51. The summed E-state index contributed by atoms with van der Waals surface area (Å²) in [5.41, 5.74) is 8.43. The fraction of sp³-hybridized carbons (Fsp3) is 0.389. The summed E-state index contributed by atoms with van der Waals surface area (Å²) in [5, 5.41) is 0.540. The second kappa shape index (κ2) is 6.15. The summed E-state index contributed by atoms with van der Waals surface area (Å²) in [6.07, 6.45) is 5.72. The van der Waals surface area contributed by atoms with Crippen LogP contribution in [0.1, 0.15) is 40.5 Å². The maximum atomic E-state index is 12.9. The molecule has 0 atom stereocenters. The average Bonchev–Trinajstić information content (AvgIpc) is 3.19. The van der Waals surface area contributed by atoms with Crippen LogP contribution >= 0.6 is 11.3 Å². The molecular weight excluding hydrogens is 334 g/mol. The van der Waals surface area contributed by atoms with Crippen molar-refractivity contribution in [2.75, 3.05) is 18.8 Å². The number of nitrogens with two attached hydrogens (primary N) is 1. The van der Waals surface area contributed by atoms with Crippen molar-refractivity contribution >= 4 is 32.6 Å². The van der Waals surface area contributed by atoms with Gasteiger partial charge in [0.1, 0.15) is 5.82 Å². The van der Waals surface area contributed by atoms with Gasteiger partial charge in [-0.15, -0.1) is 0 Å². The number of fused-ring (bicyclic) bond motifs is 1. The van der Waals surface area contributed by atoms with E-state index < -0.39 is 0 Å². The topological polar surface area (TPSA) is 77.0 Å². The molecule has 3 aromatic rings. The Bertz CT molecular complexity index is 936. The number of nitrogens with zero attached hydrogens (tertiary/aromatic N) is 4. The molecule has 1 aliphatic heterocycles. The smallest absolute Gasteiger partial charge is 0.253 e. The minimum atomic E-state index is 0.0928. The second-order valence-electron chi connectivity index (χ2n) is 6.65. The van der Waals surface area contributed by atoms with Crippen molar-refractivity contribution in [3.8, 4) is 0 Å². The third-order valence-corrected chi connectivity index (χ3v) is 5.79. The van der Waals surface area contributed by atoms with Crippen molar-refractivity contribution in [3.05, 3.63) is 41.5 Å². The molecule has 0 radical (unpaired) electrons. The fourth-order valence-corrected chi connectivity index (χ4v) is 4.48. The van der Waals surface area contributed by atoms with Crippen molar-refractivity contribution < 1.29 is 4.79 Å². The molecule has 1 aliphatic rings. The molecule has 7 heteroatoms. The lowest BCUT2D eigenvalue weighted by Gasteiger charge is -2.31. The van der Waals surface area contributed by atoms with Crippen LogP contribution < -0.4 is 5.73 Å². The van der Waals surface area contributed by atoms with Gasteiger partial charge in [0, 0.05) is 44.0 Å². The molecule has 2 aromatic heterocycles. The van der Waals surface area contributed by atoms with E-state index in [9.17, 15) is 4.79 Å². The van der Waals surface area contributed by atoms with Crippen LogP contribution in [0.15, 0.2) is 24.5 Å². The van der Waals surface area contributed by atoms with Gasteiger partial charge in [-0.3, -0.25) is 4.79 Å². The zero-order valence-corrected chi connectivity index (χ0v) is 15.2. The van der Waals surface area contributed by atoms with Gasteiger partial charge < -0.3 is 15.2 Å². The first-order valence-corrected chi connectivity index (χ1v) is 9.27. The number of carbonyl (C=O) groups excluding carboxylic acids is 1. The summed E-state index contributed by atoms with van der Waals surface area (Å²) >= 11 is 1.43. The Hall–Kier alpha value is -2.41. The molecule has 2 N–H and O–H groups in total. The largest absolute Gasteiger partial charge is 0.375 e. The summed E-state index contributed by atoms with van der Waals surface area (Å²) in [7, 11) is 2.03. The fourth-order valence-electron chi connectivity index (χ4n) is 3.63. The van der Waals surface area contributed by atoms with Crippen LogP contribution in [-0.4, -0.2) is 38.4 Å². The van der Waals surface area contributed by atoms with E-state index in [0.717, 1.165) is 53.1 Å². The first-order valence-electron chi connectivity index (χ1n) is 8.46. The number of aromatic nitrogens is 3. The maximum Gasteiger partial charge on any atom is 0.253 e. The molecule has 0 aliphatic carbocycles. The Morgan fingerprint density at radius 1 is 1.32 bits per heavy atom. The Morgan fingerprint density at radius 3 is 2.76 bits per heavy atom. The Labute approximate surface area is 150 Å². The van der Waals surface area contributed by atoms with Crippen LogP contribution in [0.5, 0.6) is 0 Å². The van der Waals surface area contributed by atoms with E-state index in [1.54, 1.807) is 0 Å². The highest BCUT2D eigenvalue weighted by Gasteiger charge is 2.27. The molecule has 25 heavy (non-hydrogen) atoms. The minimum absolute atomic E-state index is 0.0928. The highest BCUT2D eigenvalue weighted by Crippen LogP contribution is 2.30. The van der Waals surface area contributed by atoms with Gasteiger partial charge in [0.15, 0.2) is 5.13 Å². The number of benzene rings is 1. The lowest BCUT2D eigenvalue weighted by atomic mass is 9.95. The summed E-state index contributed by atoms with van der Waals surface area (Å²) in [6.45, 7) is 3.50. The molecule has 1 amide bonds. The summed E-state index contributed by atoms with van der Waals surface area (Å²) in [6, 6.07) is 3.85. The number of anilines is 1. The molecule has 4 rings (SSSR count). The summed E-state index contributed by atoms with van der Waals surface area (Å²) in [5.74, 6) is 1.63. The number of imidazole rings is 1. The maximum absolute atomic E-state index is 12.9. The highest BCUT2D eigenvalue weighted by atomic mass is 32.1. The van der Waals surface area contributed by atoms with E-state index in [1.807, 2.05) is 43.4 Å². The van der Waals surface area contributed by atoms with Crippen molar-refractivity contribution in [2.24, 2.45) is 7.05 Å². The van der Waals surface area contributed by atoms with Gasteiger partial charge in [-0.1, -0.05) is 11.3 Å². The number of nitrogen functional groups attached to an aromatic ring is 1. The van der Waals surface area contributed by atoms with Gasteiger partial charge in [-0.25, -0.2) is 9.97 Å². The number of aryl methyl sites for hydroxylation is 2. The van der Waals surface area contributed by atoms with Gasteiger partial charge in [-0.05, 0) is 37.5 Å². The van der Waals surface area contributed by atoms with Gasteiger partial charge in [-0.2, -0.15) is 0 Å². The molecule has 0 spiro atoms. The molecular formula is C18H21N5OS. The second-order valence-corrected chi connectivity index (χ2v) is 7.72. The quantitative estimate of drug-likeness (QED) is 0.767. The third-order valence-electron chi connectivity index (χ3n) is 4.95. The average molecular weight is 355 g/mol. The zero-order chi connectivity index (χ0) is 17.6. The number of amides is 1. The van der Waals surface area contributed by atoms with Crippen molar-refractivity contribution in [2.45, 2.75) is 25.7 Å². The normalized spacial score (nSPS) is 15.8. The first-order chi connectivity index (χ1) is 12.0. The molecule has 1 saturated heterocycles. The van der Waals surface area contributed by atoms with E-state index in [-0.39, 0.29) is 5.91 Å². The number of thiazole rings is 1. The molecule has 130 valence electrons. The number of piperidine rings is 1. The molecule has 0 bridgehead atoms. The molecule has 6 nitrogen and oxygen atoms in total. The van der Waals surface area contributed by atoms with Crippen LogP contribution in [-0.2, 0) is 7.05 Å². The zero-order valence-electron chi connectivity index (χ0n) is 14.4. The highest BCUT2D eigenvalue weighted by molar-refractivity contribution is 7.22. The van der Waals surface area contributed by atoms with E-state index in [4.69, 9.17) is 5.73 Å². The van der Waals surface area contributed by atoms with Crippen LogP contribution in [0.4, 0.5) is 5.13 Å². The molecule has 3 heterocycles. The monoisotopic (exact) mass is 355 g/mol. The SMILES string of the molecule is Cc1cc(C(=O)N2CCC(c3nccn3C)CC2)cc2sc(N)nc12. The summed E-state index contributed by atoms with van der Waals surface area (Å²) < 4.78 is 3.05. The lowest BCUT2D eigenvalue weighted by Crippen LogP contribution is -2.38. The van der Waals surface area contributed by atoms with Crippen molar-refractivity contribution in [3.63, 3.8) is 0 Å². The number of hydrogen-bond acceptors (Lipinski definition) is 5. The van der Waals surface area contributed by atoms with Gasteiger partial charge in [0.05, 0.1) is 10.2 Å². The number of carbonyl (C=O) groups is 1. The Kier molecular flexibility index (Phi) is 3.95. The number of hydrogen-bond donors (Lipinski definition) is 1. The van der Waals surface area contributed by atoms with E-state index >= 15 is 0 Å². The lowest BCUT2D eigenvalue weighted by molar-refractivity contribution is 0.0710. The van der Waals surface area contributed by atoms with Crippen LogP contribution in [0.25, 0.3) is 10.2 Å². The van der Waals surface area contributed by atoms with Crippen molar-refractivity contribution in [1.82, 2.24) is 19.4 Å². The van der Waals surface area contributed by atoms with Gasteiger partial charge in [0.2, 0.25) is 0 Å². The van der Waals surface area contributed by atoms with Gasteiger partial charge >= 0.3 is 0 Å². The predicted molar refractivity (Wildman–Crippen MR) is 99.9 cm³/mol. The predicted octanol–water partition coefficient (Wildman–Crippen LogP) is 2.94. The minimum Gasteiger partial charge on any atom is -0.375 e. The number of rotatable bonds is 2. The summed E-state index contributed by atoms with van der Waals surface area (Å²) in [4.78, 5) is 23.7.